The molecule has 66 valence electrons. The fraction of sp³-hybridized carbons (Fsp3) is 0.100. The molecule has 0 fully saturated rings. The Balaban J connectivity index is 2.62. The lowest BCUT2D eigenvalue weighted by molar-refractivity contribution is 0.276. The molecule has 13 heavy (non-hydrogen) atoms. The van der Waals surface area contributed by atoms with Gasteiger partial charge in [0.05, 0.1) is 5.52 Å². The maximum absolute atomic E-state index is 9.15. The van der Waals surface area contributed by atoms with Crippen molar-refractivity contribution >= 4 is 16.7 Å². The van der Waals surface area contributed by atoms with Crippen LogP contribution in [0.2, 0.25) is 0 Å². The van der Waals surface area contributed by atoms with E-state index in [0.29, 0.717) is 5.82 Å². The van der Waals surface area contributed by atoms with E-state index in [2.05, 4.69) is 4.98 Å². The Kier molecular flexibility index (Phi) is 1.87. The second kappa shape index (κ2) is 3.03. The molecule has 0 bridgehead atoms. The maximum atomic E-state index is 9.15. The first-order valence-corrected chi connectivity index (χ1v) is 4.06. The van der Waals surface area contributed by atoms with Crippen LogP contribution in [0.15, 0.2) is 36.4 Å². The molecule has 0 aliphatic carbocycles. The molecule has 0 atom stereocenters. The van der Waals surface area contributed by atoms with E-state index in [1.54, 1.807) is 13.1 Å². The molecule has 0 amide bonds. The number of hydroxylamine groups is 1. The Bertz CT molecular complexity index is 426. The summed E-state index contributed by atoms with van der Waals surface area (Å²) in [6.45, 7) is 0. The number of fused-ring (bicyclic) bond motifs is 1. The lowest BCUT2D eigenvalue weighted by Crippen LogP contribution is -2.11. The average Bonchev–Trinajstić information content (AvgIpc) is 2.17. The van der Waals surface area contributed by atoms with Crippen LogP contribution in [-0.2, 0) is 0 Å². The number of hydrogen-bond donors (Lipinski definition) is 1. The summed E-state index contributed by atoms with van der Waals surface area (Å²) in [4.78, 5) is 4.25. The van der Waals surface area contributed by atoms with Crippen molar-refractivity contribution in [2.24, 2.45) is 0 Å². The molecule has 0 saturated heterocycles. The SMILES string of the molecule is CN(O)c1ccc2ccccc2n1. The van der Waals surface area contributed by atoms with Crippen LogP contribution in [0.3, 0.4) is 0 Å². The summed E-state index contributed by atoms with van der Waals surface area (Å²) in [7, 11) is 1.55. The fourth-order valence-corrected chi connectivity index (χ4v) is 1.24. The van der Waals surface area contributed by atoms with Gasteiger partial charge in [-0.25, -0.2) is 10.0 Å². The first-order chi connectivity index (χ1) is 6.27. The summed E-state index contributed by atoms with van der Waals surface area (Å²) in [5.41, 5.74) is 0.890. The van der Waals surface area contributed by atoms with Crippen molar-refractivity contribution in [3.05, 3.63) is 36.4 Å². The first kappa shape index (κ1) is 8.01. The number of anilines is 1. The van der Waals surface area contributed by atoms with E-state index in [0.717, 1.165) is 16.0 Å². The molecule has 0 saturated carbocycles. The van der Waals surface area contributed by atoms with Crippen LogP contribution in [0, 0.1) is 0 Å². The quantitative estimate of drug-likeness (QED) is 0.672. The van der Waals surface area contributed by atoms with E-state index in [1.165, 1.54) is 0 Å². The summed E-state index contributed by atoms with van der Waals surface area (Å²) in [5, 5.41) is 11.2. The third-order valence-electron chi connectivity index (χ3n) is 1.92. The molecular weight excluding hydrogens is 164 g/mol. The number of rotatable bonds is 1. The van der Waals surface area contributed by atoms with E-state index in [-0.39, 0.29) is 0 Å². The fourth-order valence-electron chi connectivity index (χ4n) is 1.24. The van der Waals surface area contributed by atoms with E-state index in [9.17, 15) is 0 Å². The monoisotopic (exact) mass is 174 g/mol. The summed E-state index contributed by atoms with van der Waals surface area (Å²) in [6, 6.07) is 11.5. The predicted molar refractivity (Wildman–Crippen MR) is 51.9 cm³/mol. The van der Waals surface area contributed by atoms with E-state index < -0.39 is 0 Å². The predicted octanol–water partition coefficient (Wildman–Crippen LogP) is 2.06. The molecule has 1 aromatic carbocycles. The highest BCUT2D eigenvalue weighted by atomic mass is 16.5. The zero-order chi connectivity index (χ0) is 9.26. The lowest BCUT2D eigenvalue weighted by atomic mass is 10.2. The third-order valence-corrected chi connectivity index (χ3v) is 1.92. The Morgan fingerprint density at radius 1 is 1.15 bits per heavy atom. The molecule has 0 spiro atoms. The molecule has 1 N–H and O–H groups in total. The second-order valence-corrected chi connectivity index (χ2v) is 2.89. The number of benzene rings is 1. The molecular formula is C10H10N2O. The Labute approximate surface area is 76.2 Å². The summed E-state index contributed by atoms with van der Waals surface area (Å²) in [6.07, 6.45) is 0. The van der Waals surface area contributed by atoms with Gasteiger partial charge in [-0.05, 0) is 18.2 Å². The molecule has 0 unspecified atom stereocenters. The lowest BCUT2D eigenvalue weighted by Gasteiger charge is -2.09. The molecule has 1 aromatic heterocycles. The van der Waals surface area contributed by atoms with Crippen LogP contribution in [-0.4, -0.2) is 17.2 Å². The second-order valence-electron chi connectivity index (χ2n) is 2.89. The zero-order valence-corrected chi connectivity index (χ0v) is 7.31. The molecule has 3 nitrogen and oxygen atoms in total. The van der Waals surface area contributed by atoms with Gasteiger partial charge in [-0.3, -0.25) is 5.21 Å². The Morgan fingerprint density at radius 2 is 1.92 bits per heavy atom. The van der Waals surface area contributed by atoms with Crippen molar-refractivity contribution in [3.8, 4) is 0 Å². The van der Waals surface area contributed by atoms with Crippen molar-refractivity contribution in [1.82, 2.24) is 4.98 Å². The molecule has 2 rings (SSSR count). The molecule has 1 heterocycles. The Morgan fingerprint density at radius 3 is 2.69 bits per heavy atom. The highest BCUT2D eigenvalue weighted by Gasteiger charge is 1.99. The summed E-state index contributed by atoms with van der Waals surface area (Å²) >= 11 is 0. The number of aromatic nitrogens is 1. The van der Waals surface area contributed by atoms with Crippen molar-refractivity contribution in [2.75, 3.05) is 12.1 Å². The summed E-state index contributed by atoms with van der Waals surface area (Å²) in [5.74, 6) is 0.554. The topological polar surface area (TPSA) is 36.4 Å². The van der Waals surface area contributed by atoms with Crippen molar-refractivity contribution < 1.29 is 5.21 Å². The Hall–Kier alpha value is -1.61. The van der Waals surface area contributed by atoms with Gasteiger partial charge in [0, 0.05) is 12.4 Å². The van der Waals surface area contributed by atoms with Crippen molar-refractivity contribution in [3.63, 3.8) is 0 Å². The van der Waals surface area contributed by atoms with Crippen molar-refractivity contribution in [1.29, 1.82) is 0 Å². The first-order valence-electron chi connectivity index (χ1n) is 4.06. The number of pyridine rings is 1. The largest absolute Gasteiger partial charge is 0.287 e. The van der Waals surface area contributed by atoms with Gasteiger partial charge in [0.25, 0.3) is 0 Å². The molecule has 3 heteroatoms. The smallest absolute Gasteiger partial charge is 0.152 e. The van der Waals surface area contributed by atoms with Gasteiger partial charge >= 0.3 is 0 Å². The minimum Gasteiger partial charge on any atom is -0.287 e. The van der Waals surface area contributed by atoms with Gasteiger partial charge < -0.3 is 0 Å². The number of para-hydroxylation sites is 1. The van der Waals surface area contributed by atoms with Gasteiger partial charge in [-0.15, -0.1) is 0 Å². The van der Waals surface area contributed by atoms with Crippen LogP contribution in [0.25, 0.3) is 10.9 Å². The van der Waals surface area contributed by atoms with E-state index >= 15 is 0 Å². The van der Waals surface area contributed by atoms with Crippen LogP contribution in [0.4, 0.5) is 5.82 Å². The van der Waals surface area contributed by atoms with Gasteiger partial charge in [0.15, 0.2) is 5.82 Å². The number of nitrogens with zero attached hydrogens (tertiary/aromatic N) is 2. The highest BCUT2D eigenvalue weighted by molar-refractivity contribution is 5.79. The molecule has 0 aliphatic rings. The van der Waals surface area contributed by atoms with E-state index in [4.69, 9.17) is 5.21 Å². The zero-order valence-electron chi connectivity index (χ0n) is 7.31. The average molecular weight is 174 g/mol. The summed E-state index contributed by atoms with van der Waals surface area (Å²) < 4.78 is 0. The standard InChI is InChI=1S/C10H10N2O/c1-12(13)10-7-6-8-4-2-3-5-9(8)11-10/h2-7,13H,1H3. The van der Waals surface area contributed by atoms with Crippen molar-refractivity contribution in [2.45, 2.75) is 0 Å². The third kappa shape index (κ3) is 1.46. The minimum absolute atomic E-state index is 0.554. The normalized spacial score (nSPS) is 10.3. The minimum atomic E-state index is 0.554. The van der Waals surface area contributed by atoms with E-state index in [1.807, 2.05) is 30.3 Å². The molecule has 0 radical (unpaired) electrons. The van der Waals surface area contributed by atoms with Crippen LogP contribution in [0.5, 0.6) is 0 Å². The van der Waals surface area contributed by atoms with Crippen LogP contribution < -0.4 is 5.06 Å². The van der Waals surface area contributed by atoms with Gasteiger partial charge in [0.2, 0.25) is 0 Å². The van der Waals surface area contributed by atoms with Gasteiger partial charge in [-0.2, -0.15) is 0 Å². The number of hydrogen-bond acceptors (Lipinski definition) is 3. The highest BCUT2D eigenvalue weighted by Crippen LogP contribution is 2.15. The van der Waals surface area contributed by atoms with Crippen LogP contribution >= 0.6 is 0 Å². The van der Waals surface area contributed by atoms with Gasteiger partial charge in [-0.1, -0.05) is 18.2 Å². The molecule has 0 aliphatic heterocycles. The van der Waals surface area contributed by atoms with Gasteiger partial charge in [0.1, 0.15) is 0 Å². The maximum Gasteiger partial charge on any atom is 0.152 e. The molecule has 2 aromatic rings. The van der Waals surface area contributed by atoms with Crippen LogP contribution in [0.1, 0.15) is 0 Å².